The topological polar surface area (TPSA) is 54.4 Å². The number of aliphatic carboxylic acids is 1. The normalized spacial score (nSPS) is 7.55. The van der Waals surface area contributed by atoms with Gasteiger partial charge in [-0.1, -0.05) is 13.5 Å². The van der Waals surface area contributed by atoms with Gasteiger partial charge in [-0.25, -0.2) is 4.79 Å². The van der Waals surface area contributed by atoms with Gasteiger partial charge in [-0.05, 0) is 13.8 Å². The van der Waals surface area contributed by atoms with Crippen LogP contribution in [-0.4, -0.2) is 16.9 Å². The molecular formula is C8H14O3. The molecule has 0 fully saturated rings. The molecule has 0 aliphatic heterocycles. The van der Waals surface area contributed by atoms with Crippen molar-refractivity contribution in [1.82, 2.24) is 0 Å². The largest absolute Gasteiger partial charge is 0.478 e. The summed E-state index contributed by atoms with van der Waals surface area (Å²) in [6.45, 7) is 8.03. The quantitative estimate of drug-likeness (QED) is 0.621. The number of hydrogen-bond donors (Lipinski definition) is 1. The van der Waals surface area contributed by atoms with Crippen LogP contribution in [0.5, 0.6) is 0 Å². The first-order valence-electron chi connectivity index (χ1n) is 3.30. The predicted octanol–water partition coefficient (Wildman–Crippen LogP) is 1.63. The van der Waals surface area contributed by atoms with E-state index in [1.807, 2.05) is 6.92 Å². The Morgan fingerprint density at radius 2 is 1.55 bits per heavy atom. The minimum atomic E-state index is -0.935. The van der Waals surface area contributed by atoms with Gasteiger partial charge in [0.05, 0.1) is 0 Å². The summed E-state index contributed by atoms with van der Waals surface area (Å²) in [5, 5.41) is 7.89. The Balaban J connectivity index is 0. The van der Waals surface area contributed by atoms with E-state index in [1.165, 1.54) is 6.92 Å². The van der Waals surface area contributed by atoms with Crippen molar-refractivity contribution >= 4 is 11.8 Å². The Labute approximate surface area is 66.7 Å². The highest BCUT2D eigenvalue weighted by Crippen LogP contribution is 1.81. The van der Waals surface area contributed by atoms with E-state index in [0.29, 0.717) is 6.42 Å². The van der Waals surface area contributed by atoms with Crippen molar-refractivity contribution < 1.29 is 14.7 Å². The lowest BCUT2D eigenvalue weighted by Crippen LogP contribution is -1.92. The molecule has 11 heavy (non-hydrogen) atoms. The minimum absolute atomic E-state index is 0.176. The summed E-state index contributed by atoms with van der Waals surface area (Å²) in [7, 11) is 0. The Morgan fingerprint density at radius 1 is 1.36 bits per heavy atom. The lowest BCUT2D eigenvalue weighted by Gasteiger charge is -1.79. The maximum Gasteiger partial charge on any atom is 0.330 e. The van der Waals surface area contributed by atoms with Crippen LogP contribution >= 0.6 is 0 Å². The molecule has 1 N–H and O–H groups in total. The average molecular weight is 158 g/mol. The second-order valence-corrected chi connectivity index (χ2v) is 2.14. The fraction of sp³-hybridized carbons (Fsp3) is 0.500. The van der Waals surface area contributed by atoms with Gasteiger partial charge in [0.25, 0.3) is 0 Å². The molecule has 0 unspecified atom stereocenters. The molecule has 0 radical (unpaired) electrons. The summed E-state index contributed by atoms with van der Waals surface area (Å²) in [6.07, 6.45) is 0.667. The monoisotopic (exact) mass is 158 g/mol. The Kier molecular flexibility index (Phi) is 7.98. The molecule has 0 aliphatic rings. The number of rotatable bonds is 2. The second-order valence-electron chi connectivity index (χ2n) is 2.14. The lowest BCUT2D eigenvalue weighted by molar-refractivity contribution is -0.132. The van der Waals surface area contributed by atoms with Crippen LogP contribution in [0.3, 0.4) is 0 Å². The van der Waals surface area contributed by atoms with Crippen molar-refractivity contribution in [2.24, 2.45) is 0 Å². The van der Waals surface area contributed by atoms with E-state index in [9.17, 15) is 9.59 Å². The van der Waals surface area contributed by atoms with Crippen LogP contribution < -0.4 is 0 Å². The highest BCUT2D eigenvalue weighted by atomic mass is 16.4. The van der Waals surface area contributed by atoms with Gasteiger partial charge in [0.15, 0.2) is 0 Å². The third-order valence-corrected chi connectivity index (χ3v) is 0.863. The summed E-state index contributed by atoms with van der Waals surface area (Å²) in [5.41, 5.74) is 0.176. The van der Waals surface area contributed by atoms with E-state index in [2.05, 4.69) is 6.58 Å². The highest BCUT2D eigenvalue weighted by Gasteiger charge is 1.90. The van der Waals surface area contributed by atoms with E-state index in [4.69, 9.17) is 5.11 Å². The van der Waals surface area contributed by atoms with E-state index < -0.39 is 5.97 Å². The van der Waals surface area contributed by atoms with Gasteiger partial charge < -0.3 is 9.90 Å². The zero-order chi connectivity index (χ0) is 9.44. The molecule has 0 aromatic carbocycles. The first-order chi connectivity index (χ1) is 4.91. The molecule has 0 bridgehead atoms. The molecule has 0 atom stereocenters. The van der Waals surface area contributed by atoms with Gasteiger partial charge in [-0.3, -0.25) is 0 Å². The summed E-state index contributed by atoms with van der Waals surface area (Å²) in [6, 6.07) is 0. The molecule has 0 rings (SSSR count). The molecule has 0 aromatic heterocycles. The van der Waals surface area contributed by atoms with Crippen LogP contribution in [-0.2, 0) is 9.59 Å². The number of carbonyl (C=O) groups is 2. The average Bonchev–Trinajstić information content (AvgIpc) is 1.89. The van der Waals surface area contributed by atoms with Crippen LogP contribution in [0.1, 0.15) is 27.2 Å². The number of ketones is 1. The molecule has 3 heteroatoms. The van der Waals surface area contributed by atoms with Gasteiger partial charge in [0.2, 0.25) is 0 Å². The van der Waals surface area contributed by atoms with Crippen molar-refractivity contribution in [2.75, 3.05) is 0 Å². The smallest absolute Gasteiger partial charge is 0.330 e. The fourth-order valence-corrected chi connectivity index (χ4v) is 0. The van der Waals surface area contributed by atoms with Gasteiger partial charge in [0.1, 0.15) is 5.78 Å². The molecule has 0 heterocycles. The highest BCUT2D eigenvalue weighted by molar-refractivity contribution is 5.84. The van der Waals surface area contributed by atoms with E-state index in [-0.39, 0.29) is 11.4 Å². The van der Waals surface area contributed by atoms with Crippen LogP contribution in [0.25, 0.3) is 0 Å². The van der Waals surface area contributed by atoms with E-state index >= 15 is 0 Å². The zero-order valence-electron chi connectivity index (χ0n) is 7.18. The van der Waals surface area contributed by atoms with E-state index in [0.717, 1.165) is 0 Å². The van der Waals surface area contributed by atoms with Crippen molar-refractivity contribution in [3.05, 3.63) is 12.2 Å². The molecule has 64 valence electrons. The maximum atomic E-state index is 9.81. The van der Waals surface area contributed by atoms with Gasteiger partial charge in [-0.2, -0.15) is 0 Å². The Bertz CT molecular complexity index is 147. The SMILES string of the molecule is C=C(C)C(=O)O.CCC(C)=O. The lowest BCUT2D eigenvalue weighted by atomic mass is 10.4. The second kappa shape index (κ2) is 6.99. The van der Waals surface area contributed by atoms with Gasteiger partial charge in [-0.15, -0.1) is 0 Å². The number of Topliss-reactive ketones (excluding diaryl/α,β-unsaturated/α-hetero) is 1. The third kappa shape index (κ3) is 17.7. The van der Waals surface area contributed by atoms with Crippen LogP contribution in [0.2, 0.25) is 0 Å². The molecule has 0 spiro atoms. The molecule has 0 saturated carbocycles. The fourth-order valence-electron chi connectivity index (χ4n) is 0. The first-order valence-corrected chi connectivity index (χ1v) is 3.30. The Morgan fingerprint density at radius 3 is 1.55 bits per heavy atom. The number of carboxylic acid groups (broad SMARTS) is 1. The molecule has 0 amide bonds. The van der Waals surface area contributed by atoms with E-state index in [1.54, 1.807) is 6.92 Å². The Hall–Kier alpha value is -1.12. The summed E-state index contributed by atoms with van der Waals surface area (Å²) in [5.74, 6) is -0.681. The van der Waals surface area contributed by atoms with Gasteiger partial charge >= 0.3 is 5.97 Å². The van der Waals surface area contributed by atoms with Crippen molar-refractivity contribution in [3.63, 3.8) is 0 Å². The first kappa shape index (κ1) is 12.5. The number of carbonyl (C=O) groups excluding carboxylic acids is 1. The van der Waals surface area contributed by atoms with Crippen LogP contribution in [0.4, 0.5) is 0 Å². The molecule has 0 saturated heterocycles. The number of carboxylic acids is 1. The maximum absolute atomic E-state index is 9.81. The summed E-state index contributed by atoms with van der Waals surface area (Å²) >= 11 is 0. The van der Waals surface area contributed by atoms with Crippen molar-refractivity contribution in [3.8, 4) is 0 Å². The minimum Gasteiger partial charge on any atom is -0.478 e. The molecule has 0 aliphatic carbocycles. The molecule has 3 nitrogen and oxygen atoms in total. The van der Waals surface area contributed by atoms with Crippen LogP contribution in [0.15, 0.2) is 12.2 Å². The zero-order valence-corrected chi connectivity index (χ0v) is 7.18. The molecule has 0 aromatic rings. The third-order valence-electron chi connectivity index (χ3n) is 0.863. The number of hydrogen-bond acceptors (Lipinski definition) is 2. The van der Waals surface area contributed by atoms with Crippen molar-refractivity contribution in [1.29, 1.82) is 0 Å². The van der Waals surface area contributed by atoms with Gasteiger partial charge in [0, 0.05) is 12.0 Å². The molecular weight excluding hydrogens is 144 g/mol. The van der Waals surface area contributed by atoms with Crippen LogP contribution in [0, 0.1) is 0 Å². The van der Waals surface area contributed by atoms with Crippen molar-refractivity contribution in [2.45, 2.75) is 27.2 Å². The predicted molar refractivity (Wildman–Crippen MR) is 43.4 cm³/mol. The summed E-state index contributed by atoms with van der Waals surface area (Å²) in [4.78, 5) is 19.4. The summed E-state index contributed by atoms with van der Waals surface area (Å²) < 4.78 is 0. The standard InChI is InChI=1S/C4H6O2.C4H8O/c1-3(2)4(5)6;1-3-4(2)5/h1H2,2H3,(H,5,6);3H2,1-2H3.